The molecular weight excluding hydrogens is 264 g/mol. The molecule has 1 aliphatic heterocycles. The molecule has 0 aromatic carbocycles. The van der Waals surface area contributed by atoms with E-state index in [9.17, 15) is 4.79 Å². The van der Waals surface area contributed by atoms with Gasteiger partial charge in [-0.2, -0.15) is 0 Å². The summed E-state index contributed by atoms with van der Waals surface area (Å²) in [6.07, 6.45) is 5.26. The van der Waals surface area contributed by atoms with E-state index in [2.05, 4.69) is 28.8 Å². The van der Waals surface area contributed by atoms with E-state index < -0.39 is 0 Å². The second kappa shape index (κ2) is 8.11. The number of nitrogens with zero attached hydrogens (tertiary/aromatic N) is 3. The Kier molecular flexibility index (Phi) is 6.45. The fourth-order valence-electron chi connectivity index (χ4n) is 3.46. The number of carbonyl (C=O) groups excluding carboxylic acids is 1. The Labute approximate surface area is 129 Å². The number of rotatable bonds is 5. The number of piperazine rings is 1. The third-order valence-corrected chi connectivity index (χ3v) is 4.88. The maximum Gasteiger partial charge on any atom is 0.222 e. The summed E-state index contributed by atoms with van der Waals surface area (Å²) in [5, 5.41) is 0. The first kappa shape index (κ1) is 16.7. The molecule has 0 aromatic rings. The third kappa shape index (κ3) is 5.57. The molecule has 0 aromatic heterocycles. The average molecular weight is 296 g/mol. The Balaban J connectivity index is 1.68. The molecular formula is C16H32N4O. The molecule has 1 aliphatic carbocycles. The largest absolute Gasteiger partial charge is 0.340 e. The van der Waals surface area contributed by atoms with Gasteiger partial charge in [0, 0.05) is 51.7 Å². The van der Waals surface area contributed by atoms with Crippen molar-refractivity contribution in [1.29, 1.82) is 0 Å². The Hall–Kier alpha value is -0.650. The van der Waals surface area contributed by atoms with Crippen LogP contribution in [0.4, 0.5) is 0 Å². The quantitative estimate of drug-likeness (QED) is 0.807. The molecule has 2 atom stereocenters. The molecule has 1 heterocycles. The van der Waals surface area contributed by atoms with Gasteiger partial charge in [0.25, 0.3) is 0 Å². The number of carbonyl (C=O) groups is 1. The summed E-state index contributed by atoms with van der Waals surface area (Å²) >= 11 is 0. The van der Waals surface area contributed by atoms with Crippen LogP contribution in [0.25, 0.3) is 0 Å². The van der Waals surface area contributed by atoms with Gasteiger partial charge in [0.05, 0.1) is 0 Å². The molecule has 5 nitrogen and oxygen atoms in total. The Morgan fingerprint density at radius 3 is 2.52 bits per heavy atom. The second-order valence-corrected chi connectivity index (χ2v) is 7.02. The van der Waals surface area contributed by atoms with Gasteiger partial charge in [0.2, 0.25) is 5.91 Å². The van der Waals surface area contributed by atoms with Crippen LogP contribution in [0.1, 0.15) is 32.1 Å². The van der Waals surface area contributed by atoms with Crippen molar-refractivity contribution in [3.8, 4) is 0 Å². The van der Waals surface area contributed by atoms with Crippen molar-refractivity contribution in [2.45, 2.75) is 38.1 Å². The molecule has 2 unspecified atom stereocenters. The lowest BCUT2D eigenvalue weighted by atomic mass is 9.84. The lowest BCUT2D eigenvalue weighted by Crippen LogP contribution is -2.50. The van der Waals surface area contributed by atoms with E-state index in [1.165, 1.54) is 12.8 Å². The zero-order chi connectivity index (χ0) is 15.2. The highest BCUT2D eigenvalue weighted by atomic mass is 16.2. The average Bonchev–Trinajstić information content (AvgIpc) is 2.45. The summed E-state index contributed by atoms with van der Waals surface area (Å²) in [4.78, 5) is 19.1. The fourth-order valence-corrected chi connectivity index (χ4v) is 3.46. The van der Waals surface area contributed by atoms with Crippen molar-refractivity contribution in [2.24, 2.45) is 11.7 Å². The van der Waals surface area contributed by atoms with E-state index in [0.29, 0.717) is 24.3 Å². The molecule has 2 rings (SSSR count). The lowest BCUT2D eigenvalue weighted by molar-refractivity contribution is -0.134. The van der Waals surface area contributed by atoms with Gasteiger partial charge in [-0.15, -0.1) is 0 Å². The molecule has 2 N–H and O–H groups in total. The standard InChI is InChI=1S/C16H32N4O/c1-18(2)6-7-19-8-10-20(11-9-19)16(21)13-14-4-3-5-15(17)12-14/h14-15H,3-13,17H2,1-2H3. The van der Waals surface area contributed by atoms with E-state index in [-0.39, 0.29) is 0 Å². The molecule has 2 fully saturated rings. The minimum absolute atomic E-state index is 0.319. The van der Waals surface area contributed by atoms with Crippen LogP contribution in [-0.2, 0) is 4.79 Å². The molecule has 0 spiro atoms. The van der Waals surface area contributed by atoms with E-state index in [1.54, 1.807) is 0 Å². The highest BCUT2D eigenvalue weighted by Crippen LogP contribution is 2.26. The maximum absolute atomic E-state index is 12.4. The van der Waals surface area contributed by atoms with Crippen molar-refractivity contribution >= 4 is 5.91 Å². The van der Waals surface area contributed by atoms with Crippen LogP contribution in [0.15, 0.2) is 0 Å². The normalized spacial score (nSPS) is 28.1. The number of nitrogens with two attached hydrogens (primary N) is 1. The summed E-state index contributed by atoms with van der Waals surface area (Å²) in [5.41, 5.74) is 6.02. The van der Waals surface area contributed by atoms with Gasteiger partial charge in [-0.1, -0.05) is 6.42 Å². The molecule has 1 saturated carbocycles. The first-order chi connectivity index (χ1) is 10.0. The van der Waals surface area contributed by atoms with Crippen LogP contribution >= 0.6 is 0 Å². The van der Waals surface area contributed by atoms with Crippen LogP contribution in [-0.4, -0.2) is 80.0 Å². The second-order valence-electron chi connectivity index (χ2n) is 7.02. The Morgan fingerprint density at radius 2 is 1.90 bits per heavy atom. The smallest absolute Gasteiger partial charge is 0.222 e. The molecule has 0 radical (unpaired) electrons. The third-order valence-electron chi connectivity index (χ3n) is 4.88. The zero-order valence-electron chi connectivity index (χ0n) is 13.8. The topological polar surface area (TPSA) is 52.8 Å². The first-order valence-corrected chi connectivity index (χ1v) is 8.45. The van der Waals surface area contributed by atoms with E-state index in [0.717, 1.165) is 52.1 Å². The molecule has 1 saturated heterocycles. The predicted octanol–water partition coefficient (Wildman–Crippen LogP) is 0.600. The van der Waals surface area contributed by atoms with Gasteiger partial charge in [0.15, 0.2) is 0 Å². The van der Waals surface area contributed by atoms with Gasteiger partial charge in [-0.3, -0.25) is 9.69 Å². The number of likely N-dealkylation sites (N-methyl/N-ethyl adjacent to an activating group) is 1. The molecule has 1 amide bonds. The maximum atomic E-state index is 12.4. The first-order valence-electron chi connectivity index (χ1n) is 8.45. The van der Waals surface area contributed by atoms with Crippen LogP contribution in [0, 0.1) is 5.92 Å². The van der Waals surface area contributed by atoms with Crippen LogP contribution in [0.3, 0.4) is 0 Å². The fraction of sp³-hybridized carbons (Fsp3) is 0.938. The van der Waals surface area contributed by atoms with Gasteiger partial charge >= 0.3 is 0 Å². The highest BCUT2D eigenvalue weighted by molar-refractivity contribution is 5.76. The van der Waals surface area contributed by atoms with Gasteiger partial charge in [-0.25, -0.2) is 0 Å². The van der Waals surface area contributed by atoms with E-state index in [1.807, 2.05) is 0 Å². The molecule has 122 valence electrons. The SMILES string of the molecule is CN(C)CCN1CCN(C(=O)CC2CCCC(N)C2)CC1. The van der Waals surface area contributed by atoms with Crippen molar-refractivity contribution in [3.05, 3.63) is 0 Å². The van der Waals surface area contributed by atoms with Gasteiger partial charge < -0.3 is 15.5 Å². The van der Waals surface area contributed by atoms with Crippen LogP contribution in [0.2, 0.25) is 0 Å². The molecule has 0 bridgehead atoms. The number of amides is 1. The van der Waals surface area contributed by atoms with Gasteiger partial charge in [-0.05, 0) is 39.3 Å². The minimum atomic E-state index is 0.319. The minimum Gasteiger partial charge on any atom is -0.340 e. The number of hydrogen-bond acceptors (Lipinski definition) is 4. The Morgan fingerprint density at radius 1 is 1.19 bits per heavy atom. The Bertz CT molecular complexity index is 326. The summed E-state index contributed by atoms with van der Waals surface area (Å²) in [7, 11) is 4.21. The summed E-state index contributed by atoms with van der Waals surface area (Å²) in [6.45, 7) is 6.02. The van der Waals surface area contributed by atoms with E-state index in [4.69, 9.17) is 5.73 Å². The van der Waals surface area contributed by atoms with Crippen molar-refractivity contribution in [2.75, 3.05) is 53.4 Å². The predicted molar refractivity (Wildman–Crippen MR) is 86.1 cm³/mol. The lowest BCUT2D eigenvalue weighted by Gasteiger charge is -2.36. The molecule has 21 heavy (non-hydrogen) atoms. The monoisotopic (exact) mass is 296 g/mol. The summed E-state index contributed by atoms with van der Waals surface area (Å²) in [6, 6.07) is 0.319. The highest BCUT2D eigenvalue weighted by Gasteiger charge is 2.26. The summed E-state index contributed by atoms with van der Waals surface area (Å²) in [5.74, 6) is 0.870. The molecule has 5 heteroatoms. The van der Waals surface area contributed by atoms with E-state index >= 15 is 0 Å². The zero-order valence-corrected chi connectivity index (χ0v) is 13.8. The summed E-state index contributed by atoms with van der Waals surface area (Å²) < 4.78 is 0. The van der Waals surface area contributed by atoms with Crippen LogP contribution in [0.5, 0.6) is 0 Å². The van der Waals surface area contributed by atoms with Crippen molar-refractivity contribution in [1.82, 2.24) is 14.7 Å². The van der Waals surface area contributed by atoms with Crippen molar-refractivity contribution in [3.63, 3.8) is 0 Å². The van der Waals surface area contributed by atoms with Crippen molar-refractivity contribution < 1.29 is 4.79 Å². The number of hydrogen-bond donors (Lipinski definition) is 1. The molecule has 2 aliphatic rings. The van der Waals surface area contributed by atoms with Crippen LogP contribution < -0.4 is 5.73 Å². The van der Waals surface area contributed by atoms with Gasteiger partial charge in [0.1, 0.15) is 0 Å².